The molecule has 1 N–H and O–H groups in total. The van der Waals surface area contributed by atoms with Crippen LogP contribution in [0.25, 0.3) is 10.8 Å². The summed E-state index contributed by atoms with van der Waals surface area (Å²) in [4.78, 5) is 8.62. The van der Waals surface area contributed by atoms with Crippen molar-refractivity contribution in [1.82, 2.24) is 9.97 Å². The molecule has 4 nitrogen and oxygen atoms in total. The van der Waals surface area contributed by atoms with Gasteiger partial charge in [-0.05, 0) is 50.0 Å². The molecule has 1 atom stereocenters. The molecule has 1 unspecified atom stereocenters. The second-order valence-electron chi connectivity index (χ2n) is 6.62. The highest BCUT2D eigenvalue weighted by Gasteiger charge is 2.39. The number of rotatable bonds is 4. The van der Waals surface area contributed by atoms with Gasteiger partial charge in [0, 0.05) is 18.0 Å². The van der Waals surface area contributed by atoms with Crippen LogP contribution in [0.2, 0.25) is 5.15 Å². The number of pyridine rings is 2. The molecule has 2 aliphatic rings. The monoisotopic (exact) mass is 318 g/mol. The van der Waals surface area contributed by atoms with Gasteiger partial charge < -0.3 is 9.84 Å². The molecule has 2 fully saturated rings. The molecule has 0 aliphatic heterocycles. The van der Waals surface area contributed by atoms with E-state index in [9.17, 15) is 5.11 Å². The predicted octanol–water partition coefficient (Wildman–Crippen LogP) is 3.83. The largest absolute Gasteiger partial charge is 0.474 e. The third-order valence-corrected chi connectivity index (χ3v) is 5.16. The fraction of sp³-hybridized carbons (Fsp3) is 0.529. The third kappa shape index (κ3) is 2.34. The summed E-state index contributed by atoms with van der Waals surface area (Å²) in [5.41, 5.74) is -0.0774. The number of hydrogen-bond donors (Lipinski definition) is 1. The zero-order valence-corrected chi connectivity index (χ0v) is 13.3. The highest BCUT2D eigenvalue weighted by atomic mass is 35.5. The van der Waals surface area contributed by atoms with E-state index in [-0.39, 0.29) is 12.0 Å². The van der Waals surface area contributed by atoms with Gasteiger partial charge in [0.25, 0.3) is 0 Å². The Morgan fingerprint density at radius 1 is 1.18 bits per heavy atom. The molecular formula is C17H19ClN2O2. The summed E-state index contributed by atoms with van der Waals surface area (Å²) < 4.78 is 5.87. The first-order valence-corrected chi connectivity index (χ1v) is 8.27. The van der Waals surface area contributed by atoms with Gasteiger partial charge in [0.05, 0.1) is 11.0 Å². The van der Waals surface area contributed by atoms with Crippen LogP contribution in [0.4, 0.5) is 0 Å². The quantitative estimate of drug-likeness (QED) is 0.870. The molecule has 2 aliphatic carbocycles. The van der Waals surface area contributed by atoms with Crippen LogP contribution in [0.5, 0.6) is 5.88 Å². The van der Waals surface area contributed by atoms with Crippen LogP contribution in [-0.4, -0.2) is 21.2 Å². The average Bonchev–Trinajstić information content (AvgIpc) is 3.19. The number of halogens is 1. The van der Waals surface area contributed by atoms with Gasteiger partial charge in [0.15, 0.2) is 0 Å². The lowest BCUT2D eigenvalue weighted by atomic mass is 9.70. The third-order valence-electron chi connectivity index (χ3n) is 4.95. The number of hydrogen-bond acceptors (Lipinski definition) is 4. The summed E-state index contributed by atoms with van der Waals surface area (Å²) in [7, 11) is 0. The minimum atomic E-state index is -0.897. The Morgan fingerprint density at radius 2 is 1.95 bits per heavy atom. The number of fused-ring (bicyclic) bond motifs is 1. The zero-order valence-electron chi connectivity index (χ0n) is 12.6. The summed E-state index contributed by atoms with van der Waals surface area (Å²) in [6.07, 6.45) is 9.14. The first-order chi connectivity index (χ1) is 10.6. The van der Waals surface area contributed by atoms with Crippen LogP contribution in [0.1, 0.15) is 44.6 Å². The topological polar surface area (TPSA) is 55.2 Å². The average molecular weight is 319 g/mol. The van der Waals surface area contributed by atoms with Crippen molar-refractivity contribution >= 4 is 22.4 Å². The van der Waals surface area contributed by atoms with Crippen molar-refractivity contribution in [3.8, 4) is 5.88 Å². The normalized spacial score (nSPS) is 21.4. The highest BCUT2D eigenvalue weighted by molar-refractivity contribution is 6.30. The summed E-state index contributed by atoms with van der Waals surface area (Å²) in [5, 5.41) is 13.2. The Bertz CT molecular complexity index is 724. The molecule has 116 valence electrons. The first kappa shape index (κ1) is 14.2. The molecule has 0 bridgehead atoms. The number of aliphatic hydroxyl groups is 1. The van der Waals surface area contributed by atoms with E-state index < -0.39 is 5.60 Å². The second-order valence-corrected chi connectivity index (χ2v) is 7.01. The van der Waals surface area contributed by atoms with Crippen LogP contribution in [0.3, 0.4) is 0 Å². The van der Waals surface area contributed by atoms with Gasteiger partial charge in [0.1, 0.15) is 11.3 Å². The Balaban J connectivity index is 1.85. The van der Waals surface area contributed by atoms with Crippen molar-refractivity contribution < 1.29 is 9.84 Å². The van der Waals surface area contributed by atoms with Gasteiger partial charge >= 0.3 is 0 Å². The van der Waals surface area contributed by atoms with Gasteiger partial charge in [-0.1, -0.05) is 18.0 Å². The van der Waals surface area contributed by atoms with Crippen LogP contribution >= 0.6 is 11.6 Å². The van der Waals surface area contributed by atoms with Gasteiger partial charge in [-0.25, -0.2) is 9.97 Å². The van der Waals surface area contributed by atoms with E-state index in [0.717, 1.165) is 42.0 Å². The maximum absolute atomic E-state index is 11.0. The molecule has 0 saturated heterocycles. The molecule has 2 saturated carbocycles. The van der Waals surface area contributed by atoms with Gasteiger partial charge in [-0.2, -0.15) is 0 Å². The van der Waals surface area contributed by atoms with Gasteiger partial charge in [-0.3, -0.25) is 0 Å². The van der Waals surface area contributed by atoms with E-state index in [1.54, 1.807) is 18.5 Å². The number of nitrogens with zero attached hydrogens (tertiary/aromatic N) is 2. The molecule has 22 heavy (non-hydrogen) atoms. The number of aromatic nitrogens is 2. The van der Waals surface area contributed by atoms with E-state index in [4.69, 9.17) is 16.3 Å². The van der Waals surface area contributed by atoms with Crippen LogP contribution in [-0.2, 0) is 5.60 Å². The molecular weight excluding hydrogens is 300 g/mol. The minimum Gasteiger partial charge on any atom is -0.474 e. The summed E-state index contributed by atoms with van der Waals surface area (Å²) in [6.45, 7) is 1.88. The summed E-state index contributed by atoms with van der Waals surface area (Å²) >= 11 is 6.08. The van der Waals surface area contributed by atoms with Crippen molar-refractivity contribution in [3.63, 3.8) is 0 Å². The van der Waals surface area contributed by atoms with Crippen molar-refractivity contribution in [3.05, 3.63) is 29.2 Å². The minimum absolute atomic E-state index is 0.268. The lowest BCUT2D eigenvalue weighted by Crippen LogP contribution is -2.36. The summed E-state index contributed by atoms with van der Waals surface area (Å²) in [5.74, 6) is 0.870. The SMILES string of the molecule is CC(O)(c1cnc(OC2CC2)c2cnc(Cl)cc12)C1CCC1. The Hall–Kier alpha value is -1.39. The van der Waals surface area contributed by atoms with E-state index in [0.29, 0.717) is 11.0 Å². The predicted molar refractivity (Wildman–Crippen MR) is 85.1 cm³/mol. The Labute approximate surface area is 134 Å². The first-order valence-electron chi connectivity index (χ1n) is 7.89. The molecule has 0 spiro atoms. The zero-order chi connectivity index (χ0) is 15.3. The molecule has 5 heteroatoms. The lowest BCUT2D eigenvalue weighted by molar-refractivity contribution is -0.0389. The van der Waals surface area contributed by atoms with Gasteiger partial charge in [-0.15, -0.1) is 0 Å². The van der Waals surface area contributed by atoms with Gasteiger partial charge in [0.2, 0.25) is 5.88 Å². The maximum Gasteiger partial charge on any atom is 0.223 e. The van der Waals surface area contributed by atoms with E-state index >= 15 is 0 Å². The van der Waals surface area contributed by atoms with Crippen LogP contribution in [0, 0.1) is 5.92 Å². The summed E-state index contributed by atoms with van der Waals surface area (Å²) in [6, 6.07) is 1.81. The molecule has 0 radical (unpaired) electrons. The molecule has 4 rings (SSSR count). The maximum atomic E-state index is 11.0. The number of ether oxygens (including phenoxy) is 1. The van der Waals surface area contributed by atoms with E-state index in [1.807, 2.05) is 6.92 Å². The van der Waals surface area contributed by atoms with E-state index in [2.05, 4.69) is 9.97 Å². The molecule has 2 heterocycles. The van der Waals surface area contributed by atoms with Crippen molar-refractivity contribution in [2.24, 2.45) is 5.92 Å². The fourth-order valence-electron chi connectivity index (χ4n) is 3.12. The van der Waals surface area contributed by atoms with Crippen molar-refractivity contribution in [2.45, 2.75) is 50.7 Å². The highest BCUT2D eigenvalue weighted by Crippen LogP contribution is 2.45. The van der Waals surface area contributed by atoms with Crippen LogP contribution in [0.15, 0.2) is 18.5 Å². The molecule has 2 aromatic rings. The standard InChI is InChI=1S/C17H19ClN2O2/c1-17(21,10-3-2-4-10)14-9-20-16(22-11-5-6-11)13-8-19-15(18)7-12(13)14/h7-11,21H,2-6H2,1H3. The Morgan fingerprint density at radius 3 is 2.59 bits per heavy atom. The van der Waals surface area contributed by atoms with E-state index in [1.165, 1.54) is 6.42 Å². The second kappa shape index (κ2) is 5.07. The molecule has 0 aromatic carbocycles. The fourth-order valence-corrected chi connectivity index (χ4v) is 3.27. The van der Waals surface area contributed by atoms with Crippen molar-refractivity contribution in [1.29, 1.82) is 0 Å². The Kier molecular flexibility index (Phi) is 3.27. The molecule has 0 amide bonds. The van der Waals surface area contributed by atoms with Crippen molar-refractivity contribution in [2.75, 3.05) is 0 Å². The van der Waals surface area contributed by atoms with Crippen LogP contribution < -0.4 is 4.74 Å². The lowest BCUT2D eigenvalue weighted by Gasteiger charge is -2.39. The smallest absolute Gasteiger partial charge is 0.223 e. The molecule has 2 aromatic heterocycles.